The van der Waals surface area contributed by atoms with Crippen LogP contribution in [-0.4, -0.2) is 53.6 Å². The molecule has 0 saturated carbocycles. The number of alkyl halides is 3. The summed E-state index contributed by atoms with van der Waals surface area (Å²) in [5, 5.41) is 7.25. The summed E-state index contributed by atoms with van der Waals surface area (Å²) in [5.74, 6) is 1.28. The van der Waals surface area contributed by atoms with Gasteiger partial charge in [-0.3, -0.25) is 4.79 Å². The highest BCUT2D eigenvalue weighted by atomic mass is 19.4. The molecule has 2 aliphatic heterocycles. The van der Waals surface area contributed by atoms with Crippen molar-refractivity contribution in [1.29, 1.82) is 0 Å². The Kier molecular flexibility index (Phi) is 6.20. The van der Waals surface area contributed by atoms with Gasteiger partial charge in [-0.2, -0.15) is 18.3 Å². The van der Waals surface area contributed by atoms with Crippen molar-refractivity contribution < 1.29 is 27.4 Å². The fraction of sp³-hybridized carbons (Fsp3) is 0.565. The monoisotopic (exact) mass is 466 g/mol. The van der Waals surface area contributed by atoms with Crippen molar-refractivity contribution in [2.24, 2.45) is 5.92 Å². The van der Waals surface area contributed by atoms with Crippen LogP contribution in [0.5, 0.6) is 11.5 Å². The maximum atomic E-state index is 14.0. The van der Waals surface area contributed by atoms with Gasteiger partial charge in [-0.15, -0.1) is 0 Å². The fourth-order valence-electron chi connectivity index (χ4n) is 4.82. The molecular formula is C23H29F3N4O3. The Labute approximate surface area is 190 Å². The lowest BCUT2D eigenvalue weighted by molar-refractivity contribution is -0.173. The van der Waals surface area contributed by atoms with Crippen molar-refractivity contribution in [2.45, 2.75) is 57.4 Å². The third-order valence-corrected chi connectivity index (χ3v) is 6.62. The van der Waals surface area contributed by atoms with Crippen molar-refractivity contribution in [1.82, 2.24) is 14.7 Å². The number of likely N-dealkylation sites (tertiary alicyclic amines) is 1. The van der Waals surface area contributed by atoms with E-state index in [4.69, 9.17) is 9.47 Å². The molecule has 1 amide bonds. The second-order valence-corrected chi connectivity index (χ2v) is 8.94. The molecule has 1 saturated heterocycles. The van der Waals surface area contributed by atoms with Crippen LogP contribution in [0.1, 0.15) is 61.2 Å². The first-order valence-corrected chi connectivity index (χ1v) is 11.1. The second-order valence-electron chi connectivity index (χ2n) is 8.94. The number of carbonyl (C=O) groups is 1. The topological polar surface area (TPSA) is 68.6 Å². The SMILES string of the molecule is COc1ccc([C@@H]2C[C@H](C(F)(F)F)n3nc(C(=O)N4CC[C@H](C)C[C@H]4C)cc3N2)cc1OC. The minimum atomic E-state index is -4.52. The molecule has 0 bridgehead atoms. The Bertz CT molecular complexity index is 1020. The molecule has 0 radical (unpaired) electrons. The Morgan fingerprint density at radius 2 is 1.85 bits per heavy atom. The van der Waals surface area contributed by atoms with Gasteiger partial charge in [0, 0.05) is 25.1 Å². The number of piperidine rings is 1. The number of anilines is 1. The van der Waals surface area contributed by atoms with Crippen LogP contribution in [0.4, 0.5) is 19.0 Å². The molecule has 0 spiro atoms. The zero-order valence-electron chi connectivity index (χ0n) is 19.1. The Morgan fingerprint density at radius 1 is 1.12 bits per heavy atom. The van der Waals surface area contributed by atoms with Crippen molar-refractivity contribution >= 4 is 11.7 Å². The molecule has 0 aliphatic carbocycles. The van der Waals surface area contributed by atoms with Gasteiger partial charge in [-0.05, 0) is 43.4 Å². The van der Waals surface area contributed by atoms with E-state index < -0.39 is 18.3 Å². The van der Waals surface area contributed by atoms with Crippen LogP contribution < -0.4 is 14.8 Å². The summed E-state index contributed by atoms with van der Waals surface area (Å²) in [5.41, 5.74) is 0.655. The van der Waals surface area contributed by atoms with Gasteiger partial charge in [-0.25, -0.2) is 4.68 Å². The number of amides is 1. The normalized spacial score (nSPS) is 25.2. The van der Waals surface area contributed by atoms with Gasteiger partial charge in [-0.1, -0.05) is 13.0 Å². The number of nitrogens with zero attached hydrogens (tertiary/aromatic N) is 3. The van der Waals surface area contributed by atoms with E-state index in [0.29, 0.717) is 29.5 Å². The lowest BCUT2D eigenvalue weighted by Gasteiger charge is -2.36. The summed E-state index contributed by atoms with van der Waals surface area (Å²) in [6.07, 6.45) is -3.05. The number of hydrogen-bond donors (Lipinski definition) is 1. The number of carbonyl (C=O) groups excluding carboxylic acids is 1. The third-order valence-electron chi connectivity index (χ3n) is 6.62. The molecule has 2 aromatic rings. The van der Waals surface area contributed by atoms with Crippen LogP contribution in [0.2, 0.25) is 0 Å². The third kappa shape index (κ3) is 4.47. The number of ether oxygens (including phenoxy) is 2. The minimum absolute atomic E-state index is 0.0193. The molecule has 1 fully saturated rings. The molecule has 1 aromatic carbocycles. The first-order valence-electron chi connectivity index (χ1n) is 11.1. The Balaban J connectivity index is 1.66. The summed E-state index contributed by atoms with van der Waals surface area (Å²) in [7, 11) is 2.97. The largest absolute Gasteiger partial charge is 0.493 e. The molecule has 4 atom stereocenters. The smallest absolute Gasteiger partial charge is 0.410 e. The van der Waals surface area contributed by atoms with Gasteiger partial charge < -0.3 is 19.7 Å². The van der Waals surface area contributed by atoms with Gasteiger partial charge in [0.1, 0.15) is 5.82 Å². The molecule has 0 unspecified atom stereocenters. The molecule has 4 rings (SSSR count). The van der Waals surface area contributed by atoms with Gasteiger partial charge in [0.2, 0.25) is 0 Å². The molecule has 10 heteroatoms. The molecule has 2 aliphatic rings. The summed E-state index contributed by atoms with van der Waals surface area (Å²) >= 11 is 0. The van der Waals surface area contributed by atoms with E-state index in [2.05, 4.69) is 17.3 Å². The van der Waals surface area contributed by atoms with Crippen LogP contribution in [0, 0.1) is 5.92 Å². The van der Waals surface area contributed by atoms with E-state index >= 15 is 0 Å². The first-order chi connectivity index (χ1) is 15.6. The van der Waals surface area contributed by atoms with E-state index in [1.807, 2.05) is 6.92 Å². The van der Waals surface area contributed by atoms with E-state index in [0.717, 1.165) is 17.5 Å². The van der Waals surface area contributed by atoms with Crippen LogP contribution in [0.25, 0.3) is 0 Å². The predicted molar refractivity (Wildman–Crippen MR) is 117 cm³/mol. The van der Waals surface area contributed by atoms with E-state index in [-0.39, 0.29) is 29.9 Å². The number of methoxy groups -OCH3 is 2. The lowest BCUT2D eigenvalue weighted by atomic mass is 9.93. The van der Waals surface area contributed by atoms with Crippen LogP contribution in [-0.2, 0) is 0 Å². The predicted octanol–water partition coefficient (Wildman–Crippen LogP) is 4.82. The number of aromatic nitrogens is 2. The highest BCUT2D eigenvalue weighted by Gasteiger charge is 2.47. The van der Waals surface area contributed by atoms with Crippen molar-refractivity contribution in [2.75, 3.05) is 26.1 Å². The molecular weight excluding hydrogens is 437 g/mol. The summed E-state index contributed by atoms with van der Waals surface area (Å²) in [6, 6.07) is 3.99. The van der Waals surface area contributed by atoms with Gasteiger partial charge >= 0.3 is 6.18 Å². The number of nitrogens with one attached hydrogen (secondary N) is 1. The lowest BCUT2D eigenvalue weighted by Crippen LogP contribution is -2.44. The highest BCUT2D eigenvalue weighted by molar-refractivity contribution is 5.93. The van der Waals surface area contributed by atoms with Crippen LogP contribution >= 0.6 is 0 Å². The standard InChI is InChI=1S/C23H29F3N4O3/c1-13-7-8-29(14(2)9-13)22(31)17-12-21-27-16(11-20(23(24,25)26)30(21)28-17)15-5-6-18(32-3)19(10-15)33-4/h5-6,10,12-14,16,20,27H,7-9,11H2,1-4H3/t13-,14+,16-,20+/m0/s1. The van der Waals surface area contributed by atoms with Gasteiger partial charge in [0.05, 0.1) is 20.3 Å². The first kappa shape index (κ1) is 23.3. The Morgan fingerprint density at radius 3 is 2.48 bits per heavy atom. The second kappa shape index (κ2) is 8.79. The maximum Gasteiger partial charge on any atom is 0.410 e. The van der Waals surface area contributed by atoms with E-state index in [1.54, 1.807) is 23.1 Å². The quantitative estimate of drug-likeness (QED) is 0.700. The molecule has 1 aromatic heterocycles. The van der Waals surface area contributed by atoms with Crippen molar-refractivity contribution in [3.8, 4) is 11.5 Å². The number of hydrogen-bond acceptors (Lipinski definition) is 5. The summed E-state index contributed by atoms with van der Waals surface area (Å²) < 4.78 is 53.5. The van der Waals surface area contributed by atoms with Crippen LogP contribution in [0.15, 0.2) is 24.3 Å². The van der Waals surface area contributed by atoms with E-state index in [1.165, 1.54) is 20.3 Å². The summed E-state index contributed by atoms with van der Waals surface area (Å²) in [4.78, 5) is 14.8. The highest BCUT2D eigenvalue weighted by Crippen LogP contribution is 2.44. The van der Waals surface area contributed by atoms with Crippen molar-refractivity contribution in [3.63, 3.8) is 0 Å². The average molecular weight is 467 g/mol. The maximum absolute atomic E-state index is 14.0. The molecule has 1 N–H and O–H groups in total. The van der Waals surface area contributed by atoms with Gasteiger partial charge in [0.25, 0.3) is 5.91 Å². The zero-order valence-corrected chi connectivity index (χ0v) is 19.1. The molecule has 3 heterocycles. The number of halogens is 3. The van der Waals surface area contributed by atoms with Crippen molar-refractivity contribution in [3.05, 3.63) is 35.5 Å². The molecule has 180 valence electrons. The average Bonchev–Trinajstić information content (AvgIpc) is 3.21. The summed E-state index contributed by atoms with van der Waals surface area (Å²) in [6.45, 7) is 4.68. The minimum Gasteiger partial charge on any atom is -0.493 e. The molecule has 7 nitrogen and oxygen atoms in total. The Hall–Kier alpha value is -2.91. The zero-order chi connectivity index (χ0) is 23.9. The number of benzene rings is 1. The number of rotatable bonds is 4. The van der Waals surface area contributed by atoms with E-state index in [9.17, 15) is 18.0 Å². The van der Waals surface area contributed by atoms with Gasteiger partial charge in [0.15, 0.2) is 23.2 Å². The van der Waals surface area contributed by atoms with Crippen LogP contribution in [0.3, 0.4) is 0 Å². The number of fused-ring (bicyclic) bond motifs is 1. The fourth-order valence-corrected chi connectivity index (χ4v) is 4.82. The molecule has 33 heavy (non-hydrogen) atoms.